The van der Waals surface area contributed by atoms with Gasteiger partial charge in [-0.05, 0) is 45.7 Å². The highest BCUT2D eigenvalue weighted by atomic mass is 16.6. The van der Waals surface area contributed by atoms with Crippen molar-refractivity contribution in [3.05, 3.63) is 23.5 Å². The van der Waals surface area contributed by atoms with Crippen molar-refractivity contribution >= 4 is 6.29 Å². The second-order valence-corrected chi connectivity index (χ2v) is 5.30. The summed E-state index contributed by atoms with van der Waals surface area (Å²) in [6, 6.07) is 3.62. The molecule has 1 atom stereocenters. The lowest BCUT2D eigenvalue weighted by molar-refractivity contribution is -0.0327. The van der Waals surface area contributed by atoms with Crippen molar-refractivity contribution in [2.45, 2.75) is 45.3 Å². The van der Waals surface area contributed by atoms with Gasteiger partial charge in [-0.3, -0.25) is 4.79 Å². The Morgan fingerprint density at radius 1 is 1.56 bits per heavy atom. The first kappa shape index (κ1) is 13.0. The first-order chi connectivity index (χ1) is 8.50. The molecule has 4 nitrogen and oxygen atoms in total. The van der Waals surface area contributed by atoms with Crippen molar-refractivity contribution < 1.29 is 14.3 Å². The fraction of sp³-hybridized carbons (Fsp3) is 0.571. The number of nitrogens with zero attached hydrogens (tertiary/aromatic N) is 1. The number of rotatable bonds is 4. The summed E-state index contributed by atoms with van der Waals surface area (Å²) in [5, 5.41) is 0. The third-order valence-corrected chi connectivity index (χ3v) is 3.12. The van der Waals surface area contributed by atoms with Gasteiger partial charge in [0.05, 0.1) is 11.7 Å². The smallest absolute Gasteiger partial charge is 0.172 e. The monoisotopic (exact) mass is 249 g/mol. The Hall–Kier alpha value is -1.42. The number of pyridine rings is 1. The summed E-state index contributed by atoms with van der Waals surface area (Å²) in [7, 11) is 0. The molecule has 0 radical (unpaired) electrons. The number of aromatic nitrogens is 1. The van der Waals surface area contributed by atoms with E-state index >= 15 is 0 Å². The molecule has 18 heavy (non-hydrogen) atoms. The molecule has 1 aromatic rings. The Bertz CT molecular complexity index is 443. The fourth-order valence-corrected chi connectivity index (χ4v) is 2.15. The molecule has 1 saturated heterocycles. The van der Waals surface area contributed by atoms with Crippen molar-refractivity contribution in [3.63, 3.8) is 0 Å². The Morgan fingerprint density at radius 3 is 2.94 bits per heavy atom. The molecule has 0 bridgehead atoms. The number of aldehydes is 1. The second-order valence-electron chi connectivity index (χ2n) is 5.30. The maximum atomic E-state index is 10.9. The first-order valence-electron chi connectivity index (χ1n) is 6.23. The topological polar surface area (TPSA) is 48.4 Å². The normalized spacial score (nSPS) is 21.8. The van der Waals surface area contributed by atoms with Crippen LogP contribution in [0.3, 0.4) is 0 Å². The molecule has 1 fully saturated rings. The first-order valence-corrected chi connectivity index (χ1v) is 6.23. The molecule has 1 unspecified atom stereocenters. The summed E-state index contributed by atoms with van der Waals surface area (Å²) in [6.07, 6.45) is 2.85. The molecule has 2 rings (SSSR count). The highest BCUT2D eigenvalue weighted by molar-refractivity contribution is 5.76. The predicted molar refractivity (Wildman–Crippen MR) is 68.0 cm³/mol. The van der Waals surface area contributed by atoms with E-state index in [0.29, 0.717) is 18.1 Å². The Kier molecular flexibility index (Phi) is 3.66. The molecule has 0 spiro atoms. The average molecular weight is 249 g/mol. The molecule has 4 heteroatoms. The van der Waals surface area contributed by atoms with Crippen LogP contribution in [0.5, 0.6) is 5.75 Å². The van der Waals surface area contributed by atoms with Crippen molar-refractivity contribution in [1.29, 1.82) is 0 Å². The second kappa shape index (κ2) is 5.06. The van der Waals surface area contributed by atoms with E-state index in [0.717, 1.165) is 24.8 Å². The van der Waals surface area contributed by atoms with Crippen LogP contribution in [0.4, 0.5) is 0 Å². The van der Waals surface area contributed by atoms with Gasteiger partial charge in [0.25, 0.3) is 0 Å². The number of hydrogen-bond donors (Lipinski definition) is 0. The molecule has 2 heterocycles. The standard InChI is InChI=1S/C14H19NO3/c1-10-4-5-13(12(8-16)15-10)17-9-11-6-7-14(2,3)18-11/h4-5,8,11H,6-7,9H2,1-3H3. The largest absolute Gasteiger partial charge is 0.488 e. The molecular formula is C14H19NO3. The highest BCUT2D eigenvalue weighted by Crippen LogP contribution is 2.29. The van der Waals surface area contributed by atoms with Gasteiger partial charge < -0.3 is 9.47 Å². The summed E-state index contributed by atoms with van der Waals surface area (Å²) in [5.41, 5.74) is 1.10. The van der Waals surface area contributed by atoms with Crippen LogP contribution in [0.25, 0.3) is 0 Å². The molecule has 0 saturated carbocycles. The maximum Gasteiger partial charge on any atom is 0.172 e. The Labute approximate surface area is 107 Å². The highest BCUT2D eigenvalue weighted by Gasteiger charge is 2.32. The minimum absolute atomic E-state index is 0.0625. The molecular weight excluding hydrogens is 230 g/mol. The molecule has 0 aliphatic carbocycles. The Balaban J connectivity index is 1.96. The van der Waals surface area contributed by atoms with E-state index in [9.17, 15) is 4.79 Å². The van der Waals surface area contributed by atoms with Crippen LogP contribution in [0.2, 0.25) is 0 Å². The summed E-state index contributed by atoms with van der Waals surface area (Å²) < 4.78 is 11.5. The van der Waals surface area contributed by atoms with Crippen LogP contribution in [0.1, 0.15) is 42.9 Å². The van der Waals surface area contributed by atoms with Gasteiger partial charge in [0.2, 0.25) is 0 Å². The van der Waals surface area contributed by atoms with Crippen LogP contribution in [-0.2, 0) is 4.74 Å². The van der Waals surface area contributed by atoms with Crippen LogP contribution in [0.15, 0.2) is 12.1 Å². The number of ether oxygens (including phenoxy) is 2. The van der Waals surface area contributed by atoms with Gasteiger partial charge in [-0.2, -0.15) is 0 Å². The SMILES string of the molecule is Cc1ccc(OCC2CCC(C)(C)O2)c(C=O)n1. The number of hydrogen-bond acceptors (Lipinski definition) is 4. The van der Waals surface area contributed by atoms with Gasteiger partial charge in [-0.15, -0.1) is 0 Å². The molecule has 0 N–H and O–H groups in total. The van der Waals surface area contributed by atoms with E-state index in [1.54, 1.807) is 6.07 Å². The van der Waals surface area contributed by atoms with Crippen LogP contribution < -0.4 is 4.74 Å². The number of carbonyl (C=O) groups is 1. The van der Waals surface area contributed by atoms with E-state index in [1.165, 1.54) is 0 Å². The van der Waals surface area contributed by atoms with Crippen molar-refractivity contribution in [1.82, 2.24) is 4.98 Å². The quantitative estimate of drug-likeness (QED) is 0.769. The lowest BCUT2D eigenvalue weighted by Gasteiger charge is -2.19. The average Bonchev–Trinajstić information content (AvgIpc) is 2.67. The van der Waals surface area contributed by atoms with E-state index in [1.807, 2.05) is 13.0 Å². The minimum Gasteiger partial charge on any atom is -0.488 e. The van der Waals surface area contributed by atoms with E-state index < -0.39 is 0 Å². The van der Waals surface area contributed by atoms with E-state index in [-0.39, 0.29) is 11.7 Å². The fourth-order valence-electron chi connectivity index (χ4n) is 2.15. The van der Waals surface area contributed by atoms with Gasteiger partial charge in [0.1, 0.15) is 18.1 Å². The molecule has 1 aromatic heterocycles. The van der Waals surface area contributed by atoms with Gasteiger partial charge in [0, 0.05) is 5.69 Å². The lowest BCUT2D eigenvalue weighted by Crippen LogP contribution is -2.24. The molecule has 0 amide bonds. The van der Waals surface area contributed by atoms with Gasteiger partial charge in [-0.25, -0.2) is 4.98 Å². The third kappa shape index (κ3) is 3.07. The van der Waals surface area contributed by atoms with Crippen molar-refractivity contribution in [3.8, 4) is 5.75 Å². The summed E-state index contributed by atoms with van der Waals surface area (Å²) in [4.78, 5) is 15.0. The Morgan fingerprint density at radius 2 is 2.33 bits per heavy atom. The van der Waals surface area contributed by atoms with Crippen LogP contribution in [-0.4, -0.2) is 29.6 Å². The molecule has 1 aliphatic heterocycles. The van der Waals surface area contributed by atoms with Crippen LogP contribution >= 0.6 is 0 Å². The lowest BCUT2D eigenvalue weighted by atomic mass is 10.1. The van der Waals surface area contributed by atoms with Gasteiger partial charge in [-0.1, -0.05) is 0 Å². The van der Waals surface area contributed by atoms with Gasteiger partial charge >= 0.3 is 0 Å². The molecule has 98 valence electrons. The summed E-state index contributed by atoms with van der Waals surface area (Å²) >= 11 is 0. The zero-order valence-corrected chi connectivity index (χ0v) is 11.1. The van der Waals surface area contributed by atoms with Gasteiger partial charge in [0.15, 0.2) is 6.29 Å². The van der Waals surface area contributed by atoms with Crippen molar-refractivity contribution in [2.75, 3.05) is 6.61 Å². The number of aryl methyl sites for hydroxylation is 1. The van der Waals surface area contributed by atoms with Crippen molar-refractivity contribution in [2.24, 2.45) is 0 Å². The zero-order chi connectivity index (χ0) is 13.2. The van der Waals surface area contributed by atoms with Crippen LogP contribution in [0, 0.1) is 6.92 Å². The van der Waals surface area contributed by atoms with E-state index in [2.05, 4.69) is 18.8 Å². The summed E-state index contributed by atoms with van der Waals surface area (Å²) in [5.74, 6) is 0.531. The van der Waals surface area contributed by atoms with E-state index in [4.69, 9.17) is 9.47 Å². The zero-order valence-electron chi connectivity index (χ0n) is 11.1. The summed E-state index contributed by atoms with van der Waals surface area (Å²) in [6.45, 7) is 6.48. The molecule has 1 aliphatic rings. The number of carbonyl (C=O) groups excluding carboxylic acids is 1. The maximum absolute atomic E-state index is 10.9. The molecule has 0 aromatic carbocycles. The third-order valence-electron chi connectivity index (χ3n) is 3.12. The predicted octanol–water partition coefficient (Wildman–Crippen LogP) is 2.54. The minimum atomic E-state index is -0.0625.